The maximum atomic E-state index is 11.3. The number of hydrogen-bond donors (Lipinski definition) is 2. The molecule has 1 unspecified atom stereocenters. The molecule has 1 saturated carbocycles. The maximum absolute atomic E-state index is 11.3. The van der Waals surface area contributed by atoms with E-state index in [4.69, 9.17) is 0 Å². The average Bonchev–Trinajstić information content (AvgIpc) is 2.46. The van der Waals surface area contributed by atoms with Crippen LogP contribution in [0.5, 0.6) is 0 Å². The summed E-state index contributed by atoms with van der Waals surface area (Å²) >= 11 is 0. The van der Waals surface area contributed by atoms with Crippen LogP contribution in [0.1, 0.15) is 42.6 Å². The van der Waals surface area contributed by atoms with Gasteiger partial charge in [0.05, 0.1) is 7.11 Å². The number of carbonyl (C=O) groups is 1. The van der Waals surface area contributed by atoms with E-state index >= 15 is 0 Å². The molecule has 1 spiro atoms. The van der Waals surface area contributed by atoms with Gasteiger partial charge in [-0.25, -0.2) is 4.79 Å². The molecular weight excluding hydrogens is 256 g/mol. The highest BCUT2D eigenvalue weighted by Crippen LogP contribution is 2.38. The highest BCUT2D eigenvalue weighted by Gasteiger charge is 2.40. The van der Waals surface area contributed by atoms with E-state index in [0.29, 0.717) is 11.6 Å². The van der Waals surface area contributed by atoms with Gasteiger partial charge in [-0.3, -0.25) is 0 Å². The Balaban J connectivity index is 1.61. The van der Waals surface area contributed by atoms with Crippen molar-refractivity contribution in [3.63, 3.8) is 0 Å². The van der Waals surface area contributed by atoms with Crippen molar-refractivity contribution in [2.45, 2.75) is 43.7 Å². The quantitative estimate of drug-likeness (QED) is 0.812. The van der Waals surface area contributed by atoms with Crippen molar-refractivity contribution >= 4 is 11.8 Å². The fourth-order valence-corrected chi connectivity index (χ4v) is 3.10. The van der Waals surface area contributed by atoms with Crippen molar-refractivity contribution in [3.8, 4) is 0 Å². The molecule has 1 atom stereocenters. The van der Waals surface area contributed by atoms with E-state index in [1.807, 2.05) is 0 Å². The number of nitrogens with zero attached hydrogens (tertiary/aromatic N) is 2. The van der Waals surface area contributed by atoms with E-state index in [2.05, 4.69) is 25.6 Å². The van der Waals surface area contributed by atoms with Gasteiger partial charge in [0, 0.05) is 11.6 Å². The van der Waals surface area contributed by atoms with Gasteiger partial charge in [0.1, 0.15) is 5.82 Å². The fourth-order valence-electron chi connectivity index (χ4n) is 3.10. The molecule has 0 aromatic carbocycles. The lowest BCUT2D eigenvalue weighted by atomic mass is 9.70. The van der Waals surface area contributed by atoms with Crippen molar-refractivity contribution in [3.05, 3.63) is 17.8 Å². The van der Waals surface area contributed by atoms with Gasteiger partial charge in [-0.2, -0.15) is 0 Å². The highest BCUT2D eigenvalue weighted by molar-refractivity contribution is 5.86. The molecular formula is C14H20N4O2. The van der Waals surface area contributed by atoms with Crippen LogP contribution in [0.15, 0.2) is 12.1 Å². The van der Waals surface area contributed by atoms with E-state index in [1.165, 1.54) is 26.4 Å². The summed E-state index contributed by atoms with van der Waals surface area (Å²) in [5.74, 6) is 0.262. The minimum atomic E-state index is -0.459. The molecule has 2 fully saturated rings. The number of hydrogen-bond acceptors (Lipinski definition) is 6. The summed E-state index contributed by atoms with van der Waals surface area (Å²) in [5, 5.41) is 15.0. The van der Waals surface area contributed by atoms with Crippen molar-refractivity contribution in [1.29, 1.82) is 0 Å². The summed E-state index contributed by atoms with van der Waals surface area (Å²) in [5.41, 5.74) is 0.591. The van der Waals surface area contributed by atoms with Gasteiger partial charge in [0.15, 0.2) is 5.69 Å². The Bertz CT molecular complexity index is 484. The van der Waals surface area contributed by atoms with Gasteiger partial charge in [0.25, 0.3) is 0 Å². The number of anilines is 1. The lowest BCUT2D eigenvalue weighted by Gasteiger charge is -2.48. The molecule has 20 heavy (non-hydrogen) atoms. The predicted octanol–water partition coefficient (Wildman–Crippen LogP) is 1.35. The Kier molecular flexibility index (Phi) is 3.56. The van der Waals surface area contributed by atoms with Crippen molar-refractivity contribution < 1.29 is 9.53 Å². The summed E-state index contributed by atoms with van der Waals surface area (Å²) in [4.78, 5) is 11.3. The number of ether oxygens (including phenoxy) is 1. The lowest BCUT2D eigenvalue weighted by Crippen LogP contribution is -2.58. The zero-order chi connectivity index (χ0) is 14.0. The van der Waals surface area contributed by atoms with Crippen LogP contribution in [0.4, 0.5) is 5.82 Å². The molecule has 6 nitrogen and oxygen atoms in total. The van der Waals surface area contributed by atoms with Crippen LogP contribution in [0, 0.1) is 0 Å². The van der Waals surface area contributed by atoms with Gasteiger partial charge >= 0.3 is 5.97 Å². The molecule has 108 valence electrons. The van der Waals surface area contributed by atoms with E-state index in [1.54, 1.807) is 12.1 Å². The van der Waals surface area contributed by atoms with Gasteiger partial charge in [-0.15, -0.1) is 10.2 Å². The number of aromatic nitrogens is 2. The van der Waals surface area contributed by atoms with E-state index in [9.17, 15) is 4.79 Å². The summed E-state index contributed by atoms with van der Waals surface area (Å²) < 4.78 is 4.61. The summed E-state index contributed by atoms with van der Waals surface area (Å²) in [6, 6.07) is 3.85. The summed E-state index contributed by atoms with van der Waals surface area (Å²) in [7, 11) is 1.34. The molecule has 2 N–H and O–H groups in total. The number of carbonyl (C=O) groups excluding carboxylic acids is 1. The molecule has 2 heterocycles. The first-order valence-corrected chi connectivity index (χ1v) is 7.14. The first-order chi connectivity index (χ1) is 9.71. The molecule has 0 radical (unpaired) electrons. The van der Waals surface area contributed by atoms with Gasteiger partial charge in [-0.1, -0.05) is 0 Å². The maximum Gasteiger partial charge on any atom is 0.358 e. The van der Waals surface area contributed by atoms with E-state index < -0.39 is 5.97 Å². The fraction of sp³-hybridized carbons (Fsp3) is 0.643. The van der Waals surface area contributed by atoms with Crippen LogP contribution in [-0.4, -0.2) is 41.4 Å². The Morgan fingerprint density at radius 2 is 2.30 bits per heavy atom. The van der Waals surface area contributed by atoms with Crippen molar-refractivity contribution in [2.24, 2.45) is 0 Å². The molecule has 1 aromatic heterocycles. The normalized spacial score (nSPS) is 23.9. The molecule has 6 heteroatoms. The Morgan fingerprint density at radius 3 is 2.90 bits per heavy atom. The molecule has 1 saturated heterocycles. The predicted molar refractivity (Wildman–Crippen MR) is 74.6 cm³/mol. The molecule has 0 bridgehead atoms. The Labute approximate surface area is 118 Å². The third-order valence-electron chi connectivity index (χ3n) is 4.35. The van der Waals surface area contributed by atoms with E-state index in [0.717, 1.165) is 25.2 Å². The van der Waals surface area contributed by atoms with Crippen LogP contribution >= 0.6 is 0 Å². The topological polar surface area (TPSA) is 76.1 Å². The zero-order valence-corrected chi connectivity index (χ0v) is 11.7. The van der Waals surface area contributed by atoms with Crippen LogP contribution < -0.4 is 10.6 Å². The minimum absolute atomic E-state index is 0.235. The summed E-state index contributed by atoms with van der Waals surface area (Å²) in [6.07, 6.45) is 6.10. The Hall–Kier alpha value is -1.69. The monoisotopic (exact) mass is 276 g/mol. The second kappa shape index (κ2) is 5.36. The SMILES string of the molecule is COC(=O)c1ccc(NC2CCNC3(CCC3)C2)nn1. The molecule has 1 aliphatic carbocycles. The van der Waals surface area contributed by atoms with Gasteiger partial charge in [-0.05, 0) is 50.8 Å². The summed E-state index contributed by atoms with van der Waals surface area (Å²) in [6.45, 7) is 1.05. The Morgan fingerprint density at radius 1 is 1.45 bits per heavy atom. The number of piperidine rings is 1. The van der Waals surface area contributed by atoms with Crippen molar-refractivity contribution in [1.82, 2.24) is 15.5 Å². The highest BCUT2D eigenvalue weighted by atomic mass is 16.5. The average molecular weight is 276 g/mol. The van der Waals surface area contributed by atoms with Crippen LogP contribution in [0.2, 0.25) is 0 Å². The number of rotatable bonds is 3. The van der Waals surface area contributed by atoms with Crippen LogP contribution in [-0.2, 0) is 4.74 Å². The standard InChI is InChI=1S/C14H20N4O2/c1-20-13(19)11-3-4-12(18-17-11)16-10-5-8-15-14(9-10)6-2-7-14/h3-4,10,15H,2,5-9H2,1H3,(H,16,18). The number of esters is 1. The number of nitrogens with one attached hydrogen (secondary N) is 2. The zero-order valence-electron chi connectivity index (χ0n) is 11.7. The molecule has 3 rings (SSSR count). The second-order valence-corrected chi connectivity index (χ2v) is 5.69. The van der Waals surface area contributed by atoms with Crippen LogP contribution in [0.3, 0.4) is 0 Å². The lowest BCUT2D eigenvalue weighted by molar-refractivity contribution is 0.0593. The molecule has 1 aromatic rings. The van der Waals surface area contributed by atoms with Gasteiger partial charge in [0.2, 0.25) is 0 Å². The van der Waals surface area contributed by atoms with E-state index in [-0.39, 0.29) is 5.69 Å². The first-order valence-electron chi connectivity index (χ1n) is 7.14. The third-order valence-corrected chi connectivity index (χ3v) is 4.35. The third kappa shape index (κ3) is 2.60. The second-order valence-electron chi connectivity index (χ2n) is 5.69. The minimum Gasteiger partial charge on any atom is -0.464 e. The smallest absolute Gasteiger partial charge is 0.358 e. The molecule has 1 aliphatic heterocycles. The number of methoxy groups -OCH3 is 1. The molecule has 2 aliphatic rings. The largest absolute Gasteiger partial charge is 0.464 e. The van der Waals surface area contributed by atoms with Crippen molar-refractivity contribution in [2.75, 3.05) is 19.0 Å². The van der Waals surface area contributed by atoms with Crippen LogP contribution in [0.25, 0.3) is 0 Å². The van der Waals surface area contributed by atoms with Gasteiger partial charge < -0.3 is 15.4 Å². The molecule has 0 amide bonds. The first kappa shape index (κ1) is 13.3.